The van der Waals surface area contributed by atoms with Crippen LogP contribution in [0.2, 0.25) is 0 Å². The van der Waals surface area contributed by atoms with Gasteiger partial charge < -0.3 is 9.64 Å². The van der Waals surface area contributed by atoms with Crippen LogP contribution in [0.25, 0.3) is 0 Å². The zero-order valence-corrected chi connectivity index (χ0v) is 9.38. The van der Waals surface area contributed by atoms with Gasteiger partial charge in [0.05, 0.1) is 7.11 Å². The number of methoxy groups -OCH3 is 1. The van der Waals surface area contributed by atoms with E-state index in [-0.39, 0.29) is 0 Å². The van der Waals surface area contributed by atoms with Gasteiger partial charge in [0.1, 0.15) is 17.2 Å². The molecule has 0 amide bonds. The number of carbonyl (C=O) groups excluding carboxylic acids is 1. The van der Waals surface area contributed by atoms with Crippen molar-refractivity contribution in [1.29, 1.82) is 0 Å². The van der Waals surface area contributed by atoms with Gasteiger partial charge in [-0.1, -0.05) is 0 Å². The minimum Gasteiger partial charge on any atom is -0.465 e. The highest BCUT2D eigenvalue weighted by Crippen LogP contribution is 2.17. The van der Waals surface area contributed by atoms with Crippen molar-refractivity contribution in [2.24, 2.45) is 0 Å². The van der Waals surface area contributed by atoms with Gasteiger partial charge in [0.2, 0.25) is 0 Å². The summed E-state index contributed by atoms with van der Waals surface area (Å²) in [4.78, 5) is 12.8. The van der Waals surface area contributed by atoms with Gasteiger partial charge in [0.25, 0.3) is 0 Å². The maximum absolute atomic E-state index is 13.4. The average Bonchev–Trinajstić information content (AvgIpc) is 2.15. The highest BCUT2D eigenvalue weighted by molar-refractivity contribution is 5.90. The lowest BCUT2D eigenvalue weighted by atomic mass is 10.1. The molecule has 0 aromatic heterocycles. The fourth-order valence-electron chi connectivity index (χ4n) is 1.38. The molecule has 0 aliphatic carbocycles. The average molecular weight is 229 g/mol. The molecule has 5 heteroatoms. The molecule has 0 radical (unpaired) electrons. The second kappa shape index (κ2) is 5.03. The smallest absolute Gasteiger partial charge is 0.343 e. The molecular weight excluding hydrogens is 216 g/mol. The number of hydrogen-bond donors (Lipinski definition) is 0. The first-order valence-electron chi connectivity index (χ1n) is 4.66. The topological polar surface area (TPSA) is 29.5 Å². The van der Waals surface area contributed by atoms with Crippen molar-refractivity contribution in [2.75, 3.05) is 21.2 Å². The van der Waals surface area contributed by atoms with Crippen molar-refractivity contribution in [2.45, 2.75) is 6.54 Å². The van der Waals surface area contributed by atoms with E-state index < -0.39 is 23.2 Å². The molecule has 0 N–H and O–H groups in total. The van der Waals surface area contributed by atoms with E-state index in [0.29, 0.717) is 12.1 Å². The third kappa shape index (κ3) is 2.76. The molecule has 3 nitrogen and oxygen atoms in total. The van der Waals surface area contributed by atoms with Gasteiger partial charge in [0, 0.05) is 6.54 Å². The number of halogens is 2. The van der Waals surface area contributed by atoms with E-state index in [1.54, 1.807) is 19.0 Å². The maximum Gasteiger partial charge on any atom is 0.343 e. The summed E-state index contributed by atoms with van der Waals surface area (Å²) in [6, 6.07) is 2.27. The second-order valence-electron chi connectivity index (χ2n) is 3.66. The van der Waals surface area contributed by atoms with Crippen LogP contribution in [0.1, 0.15) is 15.9 Å². The van der Waals surface area contributed by atoms with E-state index in [9.17, 15) is 13.6 Å². The first-order chi connectivity index (χ1) is 7.45. The molecule has 88 valence electrons. The van der Waals surface area contributed by atoms with Crippen molar-refractivity contribution in [1.82, 2.24) is 4.90 Å². The molecule has 0 saturated carbocycles. The summed E-state index contributed by atoms with van der Waals surface area (Å²) in [5.41, 5.74) is -0.183. The fraction of sp³-hybridized carbons (Fsp3) is 0.364. The van der Waals surface area contributed by atoms with Gasteiger partial charge in [-0.15, -0.1) is 0 Å². The Labute approximate surface area is 92.6 Å². The molecule has 1 aromatic rings. The molecule has 16 heavy (non-hydrogen) atoms. The Morgan fingerprint density at radius 2 is 1.81 bits per heavy atom. The number of esters is 1. The molecule has 0 aliphatic heterocycles. The Morgan fingerprint density at radius 3 is 2.19 bits per heavy atom. The first kappa shape index (κ1) is 12.6. The Bertz CT molecular complexity index is 382. The Kier molecular flexibility index (Phi) is 3.95. The van der Waals surface area contributed by atoms with Crippen LogP contribution >= 0.6 is 0 Å². The third-order valence-electron chi connectivity index (χ3n) is 1.99. The van der Waals surface area contributed by atoms with Crippen molar-refractivity contribution in [3.05, 3.63) is 34.9 Å². The molecule has 0 heterocycles. The van der Waals surface area contributed by atoms with Crippen molar-refractivity contribution < 1.29 is 18.3 Å². The first-order valence-corrected chi connectivity index (χ1v) is 4.66. The van der Waals surface area contributed by atoms with Crippen molar-refractivity contribution in [3.8, 4) is 0 Å². The summed E-state index contributed by atoms with van der Waals surface area (Å²) in [7, 11) is 4.64. The van der Waals surface area contributed by atoms with Crippen LogP contribution < -0.4 is 0 Å². The van der Waals surface area contributed by atoms with Gasteiger partial charge in [-0.2, -0.15) is 0 Å². The predicted octanol–water partition coefficient (Wildman–Crippen LogP) is 1.81. The molecule has 0 spiro atoms. The molecular formula is C11H13F2NO2. The number of rotatable bonds is 3. The lowest BCUT2D eigenvalue weighted by Gasteiger charge is -2.11. The molecule has 1 aromatic carbocycles. The quantitative estimate of drug-likeness (QED) is 0.740. The van der Waals surface area contributed by atoms with Crippen molar-refractivity contribution in [3.63, 3.8) is 0 Å². The Balaban J connectivity index is 3.12. The van der Waals surface area contributed by atoms with Gasteiger partial charge in [-0.05, 0) is 31.8 Å². The summed E-state index contributed by atoms with van der Waals surface area (Å²) < 4.78 is 31.2. The maximum atomic E-state index is 13.4. The molecule has 0 saturated heterocycles. The van der Waals surface area contributed by atoms with E-state index in [0.717, 1.165) is 19.2 Å². The minimum absolute atomic E-state index is 0.398. The molecule has 0 fully saturated rings. The lowest BCUT2D eigenvalue weighted by Crippen LogP contribution is -2.13. The SMILES string of the molecule is COC(=O)c1c(F)cc(CN(C)C)cc1F. The van der Waals surface area contributed by atoms with E-state index in [4.69, 9.17) is 0 Å². The summed E-state index contributed by atoms with van der Waals surface area (Å²) in [6.07, 6.45) is 0. The van der Waals surface area contributed by atoms with Crippen LogP contribution in [-0.2, 0) is 11.3 Å². The number of ether oxygens (including phenoxy) is 1. The van der Waals surface area contributed by atoms with Crippen LogP contribution in [0, 0.1) is 11.6 Å². The third-order valence-corrected chi connectivity index (χ3v) is 1.99. The zero-order chi connectivity index (χ0) is 12.3. The molecule has 0 bridgehead atoms. The fourth-order valence-corrected chi connectivity index (χ4v) is 1.38. The Hall–Kier alpha value is -1.49. The standard InChI is InChI=1S/C11H13F2NO2/c1-14(2)6-7-4-8(12)10(9(13)5-7)11(15)16-3/h4-5H,6H2,1-3H3. The van der Waals surface area contributed by atoms with Gasteiger partial charge in [-0.25, -0.2) is 13.6 Å². The number of carbonyl (C=O) groups is 1. The van der Waals surface area contributed by atoms with E-state index in [1.165, 1.54) is 0 Å². The lowest BCUT2D eigenvalue weighted by molar-refractivity contribution is 0.0590. The normalized spacial score (nSPS) is 10.6. The number of hydrogen-bond acceptors (Lipinski definition) is 3. The highest BCUT2D eigenvalue weighted by Gasteiger charge is 2.19. The van der Waals surface area contributed by atoms with E-state index in [1.807, 2.05) is 0 Å². The molecule has 0 aliphatic rings. The summed E-state index contributed by atoms with van der Waals surface area (Å²) in [5.74, 6) is -2.81. The van der Waals surface area contributed by atoms with Gasteiger partial charge in [0.15, 0.2) is 0 Å². The predicted molar refractivity (Wildman–Crippen MR) is 55.1 cm³/mol. The van der Waals surface area contributed by atoms with Crippen LogP contribution in [-0.4, -0.2) is 32.1 Å². The number of benzene rings is 1. The molecule has 0 atom stereocenters. The van der Waals surface area contributed by atoms with Gasteiger partial charge in [-0.3, -0.25) is 0 Å². The monoisotopic (exact) mass is 229 g/mol. The largest absolute Gasteiger partial charge is 0.465 e. The van der Waals surface area contributed by atoms with Crippen LogP contribution in [0.15, 0.2) is 12.1 Å². The van der Waals surface area contributed by atoms with E-state index in [2.05, 4.69) is 4.74 Å². The zero-order valence-electron chi connectivity index (χ0n) is 9.38. The Morgan fingerprint density at radius 1 is 1.31 bits per heavy atom. The summed E-state index contributed by atoms with van der Waals surface area (Å²) >= 11 is 0. The van der Waals surface area contributed by atoms with Crippen LogP contribution in [0.3, 0.4) is 0 Å². The second-order valence-corrected chi connectivity index (χ2v) is 3.66. The molecule has 1 rings (SSSR count). The minimum atomic E-state index is -1.01. The number of nitrogens with zero attached hydrogens (tertiary/aromatic N) is 1. The van der Waals surface area contributed by atoms with Crippen LogP contribution in [0.5, 0.6) is 0 Å². The van der Waals surface area contributed by atoms with Crippen molar-refractivity contribution >= 4 is 5.97 Å². The van der Waals surface area contributed by atoms with E-state index >= 15 is 0 Å². The molecule has 0 unspecified atom stereocenters. The van der Waals surface area contributed by atoms with Gasteiger partial charge >= 0.3 is 5.97 Å². The summed E-state index contributed by atoms with van der Waals surface area (Å²) in [5, 5.41) is 0. The highest BCUT2D eigenvalue weighted by atomic mass is 19.1. The summed E-state index contributed by atoms with van der Waals surface area (Å²) in [6.45, 7) is 0.398. The van der Waals surface area contributed by atoms with Crippen LogP contribution in [0.4, 0.5) is 8.78 Å².